The minimum absolute atomic E-state index is 0.533. The molecule has 0 aliphatic carbocycles. The fourth-order valence-electron chi connectivity index (χ4n) is 1.66. The molecule has 1 aromatic carbocycles. The van der Waals surface area contributed by atoms with Crippen LogP contribution >= 0.6 is 0 Å². The lowest BCUT2D eigenvalue weighted by atomic mass is 10.1. The Hall–Kier alpha value is -1.55. The second-order valence-corrected chi connectivity index (χ2v) is 3.57. The van der Waals surface area contributed by atoms with E-state index in [0.29, 0.717) is 24.7 Å². The average molecular weight is 205 g/mol. The molecular formula is C11H15N3O. The molecule has 1 fully saturated rings. The molecule has 15 heavy (non-hydrogen) atoms. The van der Waals surface area contributed by atoms with Crippen molar-refractivity contribution in [3.8, 4) is 0 Å². The van der Waals surface area contributed by atoms with Crippen LogP contribution in [0.5, 0.6) is 0 Å². The van der Waals surface area contributed by atoms with Gasteiger partial charge in [0, 0.05) is 24.3 Å². The lowest BCUT2D eigenvalue weighted by molar-refractivity contribution is 0.0680. The Morgan fingerprint density at radius 1 is 1.33 bits per heavy atom. The summed E-state index contributed by atoms with van der Waals surface area (Å²) in [5, 5.41) is 8.04. The summed E-state index contributed by atoms with van der Waals surface area (Å²) >= 11 is 0. The Bertz CT molecular complexity index is 359. The van der Waals surface area contributed by atoms with E-state index in [1.54, 1.807) is 0 Å². The second-order valence-electron chi connectivity index (χ2n) is 3.57. The Morgan fingerprint density at radius 3 is 2.73 bits per heavy atom. The predicted octanol–water partition coefficient (Wildman–Crippen LogP) is 0.926. The molecule has 1 aliphatic heterocycles. The number of hydrogen-bond acceptors (Lipinski definition) is 3. The molecule has 0 unspecified atom stereocenters. The molecule has 1 heterocycles. The van der Waals surface area contributed by atoms with Crippen LogP contribution in [0.4, 0.5) is 5.69 Å². The third-order valence-corrected chi connectivity index (χ3v) is 2.49. The van der Waals surface area contributed by atoms with Crippen LogP contribution in [-0.4, -0.2) is 37.0 Å². The van der Waals surface area contributed by atoms with Gasteiger partial charge in [-0.15, -0.1) is 0 Å². The third-order valence-electron chi connectivity index (χ3n) is 2.49. The SMILES string of the molecule is N=C(c1cccc(N)c1)N1CCOCC1. The van der Waals surface area contributed by atoms with Gasteiger partial charge in [-0.05, 0) is 12.1 Å². The normalized spacial score (nSPS) is 16.4. The van der Waals surface area contributed by atoms with E-state index in [2.05, 4.69) is 0 Å². The first kappa shape index (κ1) is 9.98. The number of ether oxygens (including phenoxy) is 1. The van der Waals surface area contributed by atoms with Crippen LogP contribution in [0.1, 0.15) is 5.56 Å². The van der Waals surface area contributed by atoms with Crippen LogP contribution < -0.4 is 5.73 Å². The van der Waals surface area contributed by atoms with Crippen molar-refractivity contribution in [2.24, 2.45) is 0 Å². The molecule has 2 rings (SSSR count). The van der Waals surface area contributed by atoms with Crippen molar-refractivity contribution in [1.29, 1.82) is 5.41 Å². The van der Waals surface area contributed by atoms with Crippen molar-refractivity contribution in [2.75, 3.05) is 32.0 Å². The predicted molar refractivity (Wildman–Crippen MR) is 60.1 cm³/mol. The lowest BCUT2D eigenvalue weighted by Crippen LogP contribution is -2.40. The maximum absolute atomic E-state index is 8.04. The molecule has 0 spiro atoms. The largest absolute Gasteiger partial charge is 0.399 e. The van der Waals surface area contributed by atoms with Crippen molar-refractivity contribution >= 4 is 11.5 Å². The highest BCUT2D eigenvalue weighted by atomic mass is 16.5. The number of hydrogen-bond donors (Lipinski definition) is 2. The summed E-state index contributed by atoms with van der Waals surface area (Å²) < 4.78 is 5.25. The summed E-state index contributed by atoms with van der Waals surface area (Å²) in [6.07, 6.45) is 0. The maximum atomic E-state index is 8.04. The fourth-order valence-corrected chi connectivity index (χ4v) is 1.66. The molecule has 4 nitrogen and oxygen atoms in total. The first-order valence-corrected chi connectivity index (χ1v) is 5.04. The van der Waals surface area contributed by atoms with E-state index in [0.717, 1.165) is 18.7 Å². The molecule has 0 radical (unpaired) electrons. The number of amidine groups is 1. The Balaban J connectivity index is 2.12. The molecule has 0 atom stereocenters. The van der Waals surface area contributed by atoms with Gasteiger partial charge < -0.3 is 15.4 Å². The molecule has 1 aliphatic rings. The van der Waals surface area contributed by atoms with Crippen LogP contribution in [0.3, 0.4) is 0 Å². The van der Waals surface area contributed by atoms with Gasteiger partial charge in [0.05, 0.1) is 13.2 Å². The van der Waals surface area contributed by atoms with E-state index in [1.165, 1.54) is 0 Å². The lowest BCUT2D eigenvalue weighted by Gasteiger charge is -2.29. The first-order valence-electron chi connectivity index (χ1n) is 5.04. The van der Waals surface area contributed by atoms with Crippen LogP contribution in [0.15, 0.2) is 24.3 Å². The minimum Gasteiger partial charge on any atom is -0.399 e. The Labute approximate surface area is 89.1 Å². The van der Waals surface area contributed by atoms with Crippen LogP contribution in [-0.2, 0) is 4.74 Å². The topological polar surface area (TPSA) is 62.3 Å². The van der Waals surface area contributed by atoms with Gasteiger partial charge in [-0.25, -0.2) is 0 Å². The first-order chi connectivity index (χ1) is 7.27. The monoisotopic (exact) mass is 205 g/mol. The van der Waals surface area contributed by atoms with E-state index in [-0.39, 0.29) is 0 Å². The number of rotatable bonds is 1. The smallest absolute Gasteiger partial charge is 0.128 e. The molecule has 1 saturated heterocycles. The standard InChI is InChI=1S/C11H15N3O/c12-10-3-1-2-9(8-10)11(13)14-4-6-15-7-5-14/h1-3,8,13H,4-7,12H2. The molecule has 0 aromatic heterocycles. The van der Waals surface area contributed by atoms with Crippen molar-refractivity contribution in [3.63, 3.8) is 0 Å². The summed E-state index contributed by atoms with van der Waals surface area (Å²) in [7, 11) is 0. The minimum atomic E-state index is 0.533. The van der Waals surface area contributed by atoms with E-state index < -0.39 is 0 Å². The molecule has 80 valence electrons. The van der Waals surface area contributed by atoms with Gasteiger partial charge in [-0.2, -0.15) is 0 Å². The van der Waals surface area contributed by atoms with Crippen molar-refractivity contribution < 1.29 is 4.74 Å². The van der Waals surface area contributed by atoms with Gasteiger partial charge in [-0.3, -0.25) is 5.41 Å². The van der Waals surface area contributed by atoms with Gasteiger partial charge in [-0.1, -0.05) is 12.1 Å². The fraction of sp³-hybridized carbons (Fsp3) is 0.364. The highest BCUT2D eigenvalue weighted by Gasteiger charge is 2.14. The number of anilines is 1. The number of nitrogens with one attached hydrogen (secondary N) is 1. The Morgan fingerprint density at radius 2 is 2.07 bits per heavy atom. The summed E-state index contributed by atoms with van der Waals surface area (Å²) in [4.78, 5) is 2.01. The average Bonchev–Trinajstić information content (AvgIpc) is 2.29. The zero-order valence-corrected chi connectivity index (χ0v) is 8.57. The van der Waals surface area contributed by atoms with Gasteiger partial charge in [0.2, 0.25) is 0 Å². The molecule has 4 heteroatoms. The number of benzene rings is 1. The van der Waals surface area contributed by atoms with E-state index in [4.69, 9.17) is 15.9 Å². The van der Waals surface area contributed by atoms with Crippen molar-refractivity contribution in [2.45, 2.75) is 0 Å². The number of nitrogens with two attached hydrogens (primary N) is 1. The quantitative estimate of drug-likeness (QED) is 0.407. The third kappa shape index (κ3) is 2.27. The second kappa shape index (κ2) is 4.31. The van der Waals surface area contributed by atoms with E-state index in [9.17, 15) is 0 Å². The van der Waals surface area contributed by atoms with Gasteiger partial charge in [0.25, 0.3) is 0 Å². The van der Waals surface area contributed by atoms with E-state index >= 15 is 0 Å². The molecule has 0 amide bonds. The summed E-state index contributed by atoms with van der Waals surface area (Å²) in [6, 6.07) is 7.45. The Kier molecular flexibility index (Phi) is 2.87. The van der Waals surface area contributed by atoms with Gasteiger partial charge in [0.1, 0.15) is 5.84 Å². The number of nitrogen functional groups attached to an aromatic ring is 1. The van der Waals surface area contributed by atoms with Crippen molar-refractivity contribution in [3.05, 3.63) is 29.8 Å². The molecule has 1 aromatic rings. The molecule has 0 bridgehead atoms. The van der Waals surface area contributed by atoms with Crippen molar-refractivity contribution in [1.82, 2.24) is 4.90 Å². The number of nitrogens with zero attached hydrogens (tertiary/aromatic N) is 1. The van der Waals surface area contributed by atoms with Crippen LogP contribution in [0.2, 0.25) is 0 Å². The summed E-state index contributed by atoms with van der Waals surface area (Å²) in [5.41, 5.74) is 7.26. The van der Waals surface area contributed by atoms with Gasteiger partial charge in [0.15, 0.2) is 0 Å². The molecule has 0 saturated carbocycles. The van der Waals surface area contributed by atoms with Crippen LogP contribution in [0, 0.1) is 5.41 Å². The molecule has 3 N–H and O–H groups in total. The highest BCUT2D eigenvalue weighted by molar-refractivity contribution is 5.97. The summed E-state index contributed by atoms with van der Waals surface area (Å²) in [6.45, 7) is 2.97. The zero-order chi connectivity index (χ0) is 10.7. The van der Waals surface area contributed by atoms with Gasteiger partial charge >= 0.3 is 0 Å². The zero-order valence-electron chi connectivity index (χ0n) is 8.57. The van der Waals surface area contributed by atoms with E-state index in [1.807, 2.05) is 29.2 Å². The van der Waals surface area contributed by atoms with Crippen LogP contribution in [0.25, 0.3) is 0 Å². The molecular weight excluding hydrogens is 190 g/mol. The number of morpholine rings is 1. The highest BCUT2D eigenvalue weighted by Crippen LogP contribution is 2.10. The maximum Gasteiger partial charge on any atom is 0.128 e. The summed E-state index contributed by atoms with van der Waals surface area (Å²) in [5.74, 6) is 0.533.